The van der Waals surface area contributed by atoms with Gasteiger partial charge in [-0.1, -0.05) is 0 Å². The molecule has 0 unspecified atom stereocenters. The first-order valence-electron chi connectivity index (χ1n) is 3.44. The van der Waals surface area contributed by atoms with Crippen LogP contribution in [0.2, 0.25) is 0 Å². The first-order valence-corrected chi connectivity index (χ1v) is 3.44. The summed E-state index contributed by atoms with van der Waals surface area (Å²) in [6.45, 7) is 5.33. The van der Waals surface area contributed by atoms with Gasteiger partial charge in [-0.25, -0.2) is 0 Å². The summed E-state index contributed by atoms with van der Waals surface area (Å²) in [6.07, 6.45) is -0.626. The molecule has 0 aromatic rings. The summed E-state index contributed by atoms with van der Waals surface area (Å²) in [6, 6.07) is 0. The van der Waals surface area contributed by atoms with Crippen LogP contribution in [0, 0.1) is 5.92 Å². The third-order valence-corrected chi connectivity index (χ3v) is 1.38. The average molecular weight is 146 g/mol. The summed E-state index contributed by atoms with van der Waals surface area (Å²) in [7, 11) is 0. The lowest BCUT2D eigenvalue weighted by Crippen LogP contribution is -2.24. The Morgan fingerprint density at radius 2 is 2.10 bits per heavy atom. The highest BCUT2D eigenvalue weighted by molar-refractivity contribution is 5.72. The predicted octanol–water partition coefficient (Wildman–Crippen LogP) is 0.566. The molecule has 0 aliphatic rings. The van der Waals surface area contributed by atoms with Gasteiger partial charge in [0.2, 0.25) is 0 Å². The Bertz CT molecular complexity index is 109. The summed E-state index contributed by atoms with van der Waals surface area (Å²) in [5, 5.41) is 8.92. The van der Waals surface area contributed by atoms with Gasteiger partial charge in [0.1, 0.15) is 0 Å². The van der Waals surface area contributed by atoms with E-state index in [0.717, 1.165) is 0 Å². The van der Waals surface area contributed by atoms with Crippen LogP contribution < -0.4 is 0 Å². The number of carbonyl (C=O) groups excluding carboxylic acids is 1. The lowest BCUT2D eigenvalue weighted by molar-refractivity contribution is -0.150. The van der Waals surface area contributed by atoms with Gasteiger partial charge >= 0.3 is 5.97 Å². The molecule has 0 aliphatic carbocycles. The molecular weight excluding hydrogens is 132 g/mol. The highest BCUT2D eigenvalue weighted by Gasteiger charge is 2.18. The van der Waals surface area contributed by atoms with Crippen molar-refractivity contribution in [2.75, 3.05) is 6.61 Å². The van der Waals surface area contributed by atoms with Crippen molar-refractivity contribution in [3.63, 3.8) is 0 Å². The van der Waals surface area contributed by atoms with E-state index in [1.165, 1.54) is 0 Å². The van der Waals surface area contributed by atoms with Gasteiger partial charge in [0, 0.05) is 0 Å². The van der Waals surface area contributed by atoms with Crippen molar-refractivity contribution in [1.82, 2.24) is 0 Å². The summed E-state index contributed by atoms with van der Waals surface area (Å²) in [5.41, 5.74) is 0. The molecule has 1 N–H and O–H groups in total. The van der Waals surface area contributed by atoms with Crippen LogP contribution in [0.4, 0.5) is 0 Å². The Hall–Kier alpha value is -0.570. The standard InChI is InChI=1S/C7H14O3/c1-4-10-7(9)5(2)6(3)8/h5-6,8H,4H2,1-3H3/t5-,6-/m0/s1. The summed E-state index contributed by atoms with van der Waals surface area (Å²) in [5.74, 6) is -0.752. The topological polar surface area (TPSA) is 46.5 Å². The molecule has 0 aromatic carbocycles. The van der Waals surface area contributed by atoms with Crippen molar-refractivity contribution in [2.24, 2.45) is 5.92 Å². The molecule has 3 nitrogen and oxygen atoms in total. The molecule has 0 saturated heterocycles. The molecule has 2 atom stereocenters. The predicted molar refractivity (Wildman–Crippen MR) is 37.5 cm³/mol. The van der Waals surface area contributed by atoms with Gasteiger partial charge in [-0.3, -0.25) is 4.79 Å². The van der Waals surface area contributed by atoms with Gasteiger partial charge in [-0.2, -0.15) is 0 Å². The number of ether oxygens (including phenoxy) is 1. The largest absolute Gasteiger partial charge is 0.466 e. The number of carbonyl (C=O) groups is 1. The Morgan fingerprint density at radius 3 is 2.40 bits per heavy atom. The second-order valence-electron chi connectivity index (χ2n) is 2.28. The van der Waals surface area contributed by atoms with E-state index in [0.29, 0.717) is 6.61 Å². The molecule has 0 fully saturated rings. The second kappa shape index (κ2) is 4.28. The average Bonchev–Trinajstić information content (AvgIpc) is 1.87. The molecular formula is C7H14O3. The maximum absolute atomic E-state index is 10.8. The normalized spacial score (nSPS) is 16.0. The van der Waals surface area contributed by atoms with E-state index in [-0.39, 0.29) is 5.97 Å². The fourth-order valence-corrected chi connectivity index (χ4v) is 0.471. The van der Waals surface area contributed by atoms with E-state index < -0.39 is 12.0 Å². The van der Waals surface area contributed by atoms with E-state index >= 15 is 0 Å². The molecule has 10 heavy (non-hydrogen) atoms. The number of aliphatic hydroxyl groups is 1. The van der Waals surface area contributed by atoms with Crippen LogP contribution in [-0.4, -0.2) is 23.8 Å². The molecule has 0 amide bonds. The van der Waals surface area contributed by atoms with Crippen molar-refractivity contribution in [3.05, 3.63) is 0 Å². The molecule has 0 aliphatic heterocycles. The number of aliphatic hydroxyl groups excluding tert-OH is 1. The van der Waals surface area contributed by atoms with Gasteiger partial charge in [0.25, 0.3) is 0 Å². The zero-order chi connectivity index (χ0) is 8.15. The van der Waals surface area contributed by atoms with Gasteiger partial charge < -0.3 is 9.84 Å². The van der Waals surface area contributed by atoms with E-state index in [1.54, 1.807) is 20.8 Å². The van der Waals surface area contributed by atoms with Crippen molar-refractivity contribution in [1.29, 1.82) is 0 Å². The summed E-state index contributed by atoms with van der Waals surface area (Å²) < 4.78 is 4.67. The van der Waals surface area contributed by atoms with E-state index in [4.69, 9.17) is 5.11 Å². The first kappa shape index (κ1) is 9.43. The van der Waals surface area contributed by atoms with Crippen LogP contribution in [0.5, 0.6) is 0 Å². The van der Waals surface area contributed by atoms with Crippen LogP contribution in [0.25, 0.3) is 0 Å². The van der Waals surface area contributed by atoms with Gasteiger partial charge in [0.15, 0.2) is 0 Å². The molecule has 0 rings (SSSR count). The smallest absolute Gasteiger partial charge is 0.311 e. The Kier molecular flexibility index (Phi) is 4.03. The Labute approximate surface area is 61.0 Å². The van der Waals surface area contributed by atoms with E-state index in [9.17, 15) is 4.79 Å². The maximum Gasteiger partial charge on any atom is 0.311 e. The first-order chi connectivity index (χ1) is 4.59. The monoisotopic (exact) mass is 146 g/mol. The quantitative estimate of drug-likeness (QED) is 0.592. The minimum atomic E-state index is -0.626. The van der Waals surface area contributed by atoms with Crippen molar-refractivity contribution in [2.45, 2.75) is 26.9 Å². The minimum absolute atomic E-state index is 0.336. The Morgan fingerprint density at radius 1 is 1.60 bits per heavy atom. The van der Waals surface area contributed by atoms with Crippen LogP contribution >= 0.6 is 0 Å². The van der Waals surface area contributed by atoms with Gasteiger partial charge in [0.05, 0.1) is 18.6 Å². The van der Waals surface area contributed by atoms with E-state index in [1.807, 2.05) is 0 Å². The molecule has 3 heteroatoms. The van der Waals surface area contributed by atoms with Crippen molar-refractivity contribution < 1.29 is 14.6 Å². The molecule has 0 heterocycles. The van der Waals surface area contributed by atoms with Crippen LogP contribution in [0.15, 0.2) is 0 Å². The third-order valence-electron chi connectivity index (χ3n) is 1.38. The zero-order valence-corrected chi connectivity index (χ0v) is 6.63. The second-order valence-corrected chi connectivity index (χ2v) is 2.28. The van der Waals surface area contributed by atoms with Gasteiger partial charge in [-0.05, 0) is 20.8 Å². The highest BCUT2D eigenvalue weighted by atomic mass is 16.5. The lowest BCUT2D eigenvalue weighted by atomic mass is 10.1. The number of esters is 1. The number of hydrogen-bond donors (Lipinski definition) is 1. The number of rotatable bonds is 3. The SMILES string of the molecule is CCOC(=O)[C@@H](C)[C@H](C)O. The van der Waals surface area contributed by atoms with Crippen LogP contribution in [0.3, 0.4) is 0 Å². The van der Waals surface area contributed by atoms with Crippen LogP contribution in [-0.2, 0) is 9.53 Å². The van der Waals surface area contributed by atoms with Crippen molar-refractivity contribution in [3.8, 4) is 0 Å². The zero-order valence-electron chi connectivity index (χ0n) is 6.63. The molecule has 0 radical (unpaired) electrons. The summed E-state index contributed by atoms with van der Waals surface area (Å²) >= 11 is 0. The third kappa shape index (κ3) is 2.82. The number of hydrogen-bond acceptors (Lipinski definition) is 3. The highest BCUT2D eigenvalue weighted by Crippen LogP contribution is 2.03. The summed E-state index contributed by atoms with van der Waals surface area (Å²) in [4.78, 5) is 10.8. The maximum atomic E-state index is 10.8. The molecule has 60 valence electrons. The van der Waals surface area contributed by atoms with E-state index in [2.05, 4.69) is 4.74 Å². The van der Waals surface area contributed by atoms with Crippen LogP contribution in [0.1, 0.15) is 20.8 Å². The van der Waals surface area contributed by atoms with Gasteiger partial charge in [-0.15, -0.1) is 0 Å². The fourth-order valence-electron chi connectivity index (χ4n) is 0.471. The molecule has 0 bridgehead atoms. The minimum Gasteiger partial charge on any atom is -0.466 e. The molecule has 0 saturated carbocycles. The molecule has 0 spiro atoms. The lowest BCUT2D eigenvalue weighted by Gasteiger charge is -2.11. The van der Waals surface area contributed by atoms with Crippen molar-refractivity contribution >= 4 is 5.97 Å². The Balaban J connectivity index is 3.71. The molecule has 0 aromatic heterocycles. The fraction of sp³-hybridized carbons (Fsp3) is 0.857.